The lowest BCUT2D eigenvalue weighted by Gasteiger charge is -2.34. The van der Waals surface area contributed by atoms with Gasteiger partial charge in [-0.2, -0.15) is 0 Å². The Morgan fingerprint density at radius 2 is 2.50 bits per heavy atom. The highest BCUT2D eigenvalue weighted by molar-refractivity contribution is 7.99. The van der Waals surface area contributed by atoms with Gasteiger partial charge in [-0.1, -0.05) is 0 Å². The van der Waals surface area contributed by atoms with Crippen LogP contribution >= 0.6 is 11.8 Å². The number of rotatable bonds is 6. The van der Waals surface area contributed by atoms with E-state index in [9.17, 15) is 4.79 Å². The molecule has 1 aliphatic rings. The molecule has 1 fully saturated rings. The third-order valence-electron chi connectivity index (χ3n) is 2.42. The summed E-state index contributed by atoms with van der Waals surface area (Å²) in [5, 5.41) is 9.12. The summed E-state index contributed by atoms with van der Waals surface area (Å²) in [5.41, 5.74) is 0. The van der Waals surface area contributed by atoms with Gasteiger partial charge in [-0.05, 0) is 0 Å². The number of aliphatic hydroxyl groups excluding tert-OH is 1. The van der Waals surface area contributed by atoms with Crippen LogP contribution in [0.1, 0.15) is 0 Å². The summed E-state index contributed by atoms with van der Waals surface area (Å²) in [6, 6.07) is -0.177. The van der Waals surface area contributed by atoms with E-state index in [1.807, 2.05) is 0 Å². The highest BCUT2D eigenvalue weighted by atomic mass is 32.2. The topological polar surface area (TPSA) is 59.0 Å². The first kappa shape index (κ1) is 13.8. The summed E-state index contributed by atoms with van der Waals surface area (Å²) < 4.78 is 10.1. The average Bonchev–Trinajstić information content (AvgIpc) is 2.34. The Kier molecular flexibility index (Phi) is 6.79. The van der Waals surface area contributed by atoms with Gasteiger partial charge in [0.15, 0.2) is 0 Å². The minimum Gasteiger partial charge on any atom is -0.394 e. The number of morpholine rings is 1. The highest BCUT2D eigenvalue weighted by Gasteiger charge is 2.26. The van der Waals surface area contributed by atoms with Crippen LogP contribution in [-0.2, 0) is 14.3 Å². The summed E-state index contributed by atoms with van der Waals surface area (Å²) in [7, 11) is 1.64. The third-order valence-corrected chi connectivity index (χ3v) is 3.32. The molecule has 0 bridgehead atoms. The maximum Gasteiger partial charge on any atom is 0.233 e. The van der Waals surface area contributed by atoms with Crippen LogP contribution in [0.15, 0.2) is 0 Å². The maximum absolute atomic E-state index is 11.8. The fraction of sp³-hybridized carbons (Fsp3) is 0.900. The van der Waals surface area contributed by atoms with Crippen molar-refractivity contribution in [1.29, 1.82) is 0 Å². The number of hydrogen-bond donors (Lipinski definition) is 1. The van der Waals surface area contributed by atoms with Crippen LogP contribution in [0.5, 0.6) is 0 Å². The third kappa shape index (κ3) is 4.29. The second kappa shape index (κ2) is 7.89. The number of carbonyl (C=O) groups excluding carboxylic acids is 1. The largest absolute Gasteiger partial charge is 0.394 e. The van der Waals surface area contributed by atoms with Gasteiger partial charge in [0.25, 0.3) is 0 Å². The first-order chi connectivity index (χ1) is 7.79. The molecule has 1 amide bonds. The van der Waals surface area contributed by atoms with Crippen LogP contribution in [0.25, 0.3) is 0 Å². The summed E-state index contributed by atoms with van der Waals surface area (Å²) >= 11 is 1.55. The first-order valence-electron chi connectivity index (χ1n) is 5.34. The molecule has 0 aromatic heterocycles. The number of amides is 1. The van der Waals surface area contributed by atoms with Crippen molar-refractivity contribution in [1.82, 2.24) is 4.90 Å². The maximum atomic E-state index is 11.8. The zero-order valence-electron chi connectivity index (χ0n) is 9.55. The molecule has 6 heteroatoms. The molecule has 1 aliphatic heterocycles. The van der Waals surface area contributed by atoms with Crippen LogP contribution in [0.3, 0.4) is 0 Å². The Hall–Kier alpha value is -0.300. The van der Waals surface area contributed by atoms with E-state index in [2.05, 4.69) is 0 Å². The molecule has 0 aromatic carbocycles. The number of nitrogens with zero attached hydrogens (tertiary/aromatic N) is 1. The van der Waals surface area contributed by atoms with Gasteiger partial charge in [-0.15, -0.1) is 11.8 Å². The molecule has 16 heavy (non-hydrogen) atoms. The summed E-state index contributed by atoms with van der Waals surface area (Å²) in [6.07, 6.45) is 0. The molecule has 94 valence electrons. The van der Waals surface area contributed by atoms with Crippen LogP contribution in [0, 0.1) is 0 Å². The smallest absolute Gasteiger partial charge is 0.233 e. The molecule has 1 rings (SSSR count). The van der Waals surface area contributed by atoms with Crippen molar-refractivity contribution < 1.29 is 19.4 Å². The lowest BCUT2D eigenvalue weighted by atomic mass is 10.2. The molecule has 0 aliphatic carbocycles. The number of hydrogen-bond acceptors (Lipinski definition) is 5. The molecule has 1 N–H and O–H groups in total. The predicted molar refractivity (Wildman–Crippen MR) is 62.6 cm³/mol. The minimum absolute atomic E-state index is 0.0333. The Morgan fingerprint density at radius 1 is 1.69 bits per heavy atom. The molecule has 1 saturated heterocycles. The lowest BCUT2D eigenvalue weighted by Crippen LogP contribution is -2.51. The number of thioether (sulfide) groups is 1. The van der Waals surface area contributed by atoms with Crippen molar-refractivity contribution in [3.8, 4) is 0 Å². The van der Waals surface area contributed by atoms with Crippen molar-refractivity contribution in [3.05, 3.63) is 0 Å². The summed E-state index contributed by atoms with van der Waals surface area (Å²) in [5.74, 6) is 1.33. The van der Waals surface area contributed by atoms with Gasteiger partial charge < -0.3 is 19.5 Å². The van der Waals surface area contributed by atoms with Crippen molar-refractivity contribution in [2.24, 2.45) is 0 Å². The Morgan fingerprint density at radius 3 is 3.19 bits per heavy atom. The summed E-state index contributed by atoms with van der Waals surface area (Å²) in [4.78, 5) is 13.5. The number of carbonyl (C=O) groups is 1. The number of methoxy groups -OCH3 is 1. The van der Waals surface area contributed by atoms with E-state index < -0.39 is 0 Å². The normalized spacial score (nSPS) is 21.1. The van der Waals surface area contributed by atoms with E-state index in [1.54, 1.807) is 23.8 Å². The Bertz CT molecular complexity index is 215. The van der Waals surface area contributed by atoms with E-state index in [4.69, 9.17) is 14.6 Å². The Labute approximate surface area is 100 Å². The van der Waals surface area contributed by atoms with E-state index in [0.717, 1.165) is 5.75 Å². The molecule has 5 nitrogen and oxygen atoms in total. The quantitative estimate of drug-likeness (QED) is 0.648. The predicted octanol–water partition coefficient (Wildman–Crippen LogP) is -0.414. The van der Waals surface area contributed by atoms with Crippen molar-refractivity contribution >= 4 is 17.7 Å². The second-order valence-corrected chi connectivity index (χ2v) is 4.65. The average molecular weight is 249 g/mol. The van der Waals surface area contributed by atoms with Crippen LogP contribution in [0.2, 0.25) is 0 Å². The molecule has 0 aromatic rings. The second-order valence-electron chi connectivity index (χ2n) is 3.54. The molecule has 0 saturated carbocycles. The van der Waals surface area contributed by atoms with Gasteiger partial charge in [-0.3, -0.25) is 4.79 Å². The van der Waals surface area contributed by atoms with E-state index in [1.165, 1.54) is 0 Å². The zero-order chi connectivity index (χ0) is 11.8. The van der Waals surface area contributed by atoms with Crippen LogP contribution < -0.4 is 0 Å². The minimum atomic E-state index is -0.177. The van der Waals surface area contributed by atoms with E-state index in [0.29, 0.717) is 32.1 Å². The first-order valence-corrected chi connectivity index (χ1v) is 6.49. The van der Waals surface area contributed by atoms with E-state index in [-0.39, 0.29) is 18.6 Å². The fourth-order valence-corrected chi connectivity index (χ4v) is 2.29. The number of aliphatic hydroxyl groups is 1. The molecular formula is C10H19NO4S. The van der Waals surface area contributed by atoms with Crippen molar-refractivity contribution in [2.75, 3.05) is 51.6 Å². The van der Waals surface area contributed by atoms with Crippen molar-refractivity contribution in [2.45, 2.75) is 6.04 Å². The molecule has 1 atom stereocenters. The standard InChI is InChI=1S/C10H19NO4S/c1-14-4-5-16-8-10(13)11-2-3-15-7-9(11)6-12/h9,12H,2-8H2,1H3. The Balaban J connectivity index is 2.27. The fourth-order valence-electron chi connectivity index (χ4n) is 1.52. The van der Waals surface area contributed by atoms with Gasteiger partial charge in [0.2, 0.25) is 5.91 Å². The molecular weight excluding hydrogens is 230 g/mol. The van der Waals surface area contributed by atoms with Gasteiger partial charge in [-0.25, -0.2) is 0 Å². The van der Waals surface area contributed by atoms with Gasteiger partial charge in [0.05, 0.1) is 38.2 Å². The van der Waals surface area contributed by atoms with Crippen molar-refractivity contribution in [3.63, 3.8) is 0 Å². The van der Waals surface area contributed by atoms with Crippen LogP contribution in [-0.4, -0.2) is 73.5 Å². The molecule has 0 radical (unpaired) electrons. The van der Waals surface area contributed by atoms with Gasteiger partial charge in [0, 0.05) is 19.4 Å². The monoisotopic (exact) mass is 249 g/mol. The van der Waals surface area contributed by atoms with Crippen LogP contribution in [0.4, 0.5) is 0 Å². The SMILES string of the molecule is COCCSCC(=O)N1CCOCC1CO. The van der Waals surface area contributed by atoms with Gasteiger partial charge >= 0.3 is 0 Å². The lowest BCUT2D eigenvalue weighted by molar-refractivity contribution is -0.138. The van der Waals surface area contributed by atoms with E-state index >= 15 is 0 Å². The molecule has 1 heterocycles. The molecule has 1 unspecified atom stereocenters. The summed E-state index contributed by atoms with van der Waals surface area (Å²) in [6.45, 7) is 2.20. The van der Waals surface area contributed by atoms with Gasteiger partial charge in [0.1, 0.15) is 0 Å². The number of ether oxygens (including phenoxy) is 2. The molecule has 0 spiro atoms. The zero-order valence-corrected chi connectivity index (χ0v) is 10.4. The highest BCUT2D eigenvalue weighted by Crippen LogP contribution is 2.10.